The maximum Gasteiger partial charge on any atom is 0.0590 e. The second kappa shape index (κ2) is 5.52. The fourth-order valence-corrected chi connectivity index (χ4v) is 3.94. The zero-order valence-electron chi connectivity index (χ0n) is 9.84. The molecule has 0 amide bonds. The van der Waals surface area contributed by atoms with E-state index in [1.165, 1.54) is 42.5 Å². The molecule has 1 aromatic rings. The number of rotatable bonds is 3. The van der Waals surface area contributed by atoms with Crippen molar-refractivity contribution < 1.29 is 0 Å². The summed E-state index contributed by atoms with van der Waals surface area (Å²) in [5.74, 6) is 0.822. The molecule has 1 unspecified atom stereocenters. The molecule has 1 aliphatic rings. The van der Waals surface area contributed by atoms with Gasteiger partial charge in [0.15, 0.2) is 0 Å². The van der Waals surface area contributed by atoms with Crippen LogP contribution in [0.15, 0.2) is 5.38 Å². The van der Waals surface area contributed by atoms with E-state index in [0.717, 1.165) is 17.4 Å². The van der Waals surface area contributed by atoms with Crippen molar-refractivity contribution in [1.29, 1.82) is 0 Å². The lowest BCUT2D eigenvalue weighted by Crippen LogP contribution is -2.16. The Morgan fingerprint density at radius 2 is 2.12 bits per heavy atom. The lowest BCUT2D eigenvalue weighted by molar-refractivity contribution is 0.320. The van der Waals surface area contributed by atoms with Crippen LogP contribution in [-0.4, -0.2) is 0 Å². The van der Waals surface area contributed by atoms with Gasteiger partial charge in [-0.1, -0.05) is 43.7 Å². The summed E-state index contributed by atoms with van der Waals surface area (Å²) in [4.78, 5) is 1.18. The average molecular weight is 258 g/mol. The topological polar surface area (TPSA) is 26.0 Å². The third-order valence-electron chi connectivity index (χ3n) is 3.57. The van der Waals surface area contributed by atoms with Gasteiger partial charge in [0.05, 0.1) is 5.02 Å². The Kier molecular flexibility index (Phi) is 4.28. The highest BCUT2D eigenvalue weighted by Gasteiger charge is 2.20. The maximum absolute atomic E-state index is 6.27. The first-order chi connectivity index (χ1) is 7.68. The van der Waals surface area contributed by atoms with Crippen LogP contribution in [0.25, 0.3) is 0 Å². The van der Waals surface area contributed by atoms with Crippen LogP contribution in [0.3, 0.4) is 0 Å². The Morgan fingerprint density at radius 1 is 1.44 bits per heavy atom. The smallest absolute Gasteiger partial charge is 0.0590 e. The van der Waals surface area contributed by atoms with E-state index < -0.39 is 0 Å². The first-order valence-corrected chi connectivity index (χ1v) is 7.43. The highest BCUT2D eigenvalue weighted by molar-refractivity contribution is 7.10. The van der Waals surface area contributed by atoms with E-state index in [1.807, 2.05) is 0 Å². The number of aryl methyl sites for hydroxylation is 1. The third-order valence-corrected chi connectivity index (χ3v) is 5.42. The van der Waals surface area contributed by atoms with E-state index >= 15 is 0 Å². The standard InChI is InChI=1S/C13H20ClNS/c1-9-8-16-13(12(9)14)11(15)7-10-5-3-2-4-6-10/h8,10-11H,2-7,15H2,1H3. The first kappa shape index (κ1) is 12.4. The van der Waals surface area contributed by atoms with Gasteiger partial charge in [-0.15, -0.1) is 11.3 Å². The van der Waals surface area contributed by atoms with Gasteiger partial charge in [0.1, 0.15) is 0 Å². The maximum atomic E-state index is 6.27. The molecule has 16 heavy (non-hydrogen) atoms. The van der Waals surface area contributed by atoms with Crippen LogP contribution >= 0.6 is 22.9 Å². The Labute approximate surface area is 107 Å². The molecule has 0 radical (unpaired) electrons. The molecule has 0 bridgehead atoms. The quantitative estimate of drug-likeness (QED) is 0.836. The Hall–Kier alpha value is -0.0500. The summed E-state index contributed by atoms with van der Waals surface area (Å²) >= 11 is 7.97. The summed E-state index contributed by atoms with van der Waals surface area (Å²) in [6.07, 6.45) is 8.00. The molecule has 1 atom stereocenters. The zero-order valence-corrected chi connectivity index (χ0v) is 11.4. The zero-order chi connectivity index (χ0) is 11.5. The van der Waals surface area contributed by atoms with Crippen LogP contribution in [0.5, 0.6) is 0 Å². The van der Waals surface area contributed by atoms with Crippen molar-refractivity contribution in [2.24, 2.45) is 11.7 Å². The van der Waals surface area contributed by atoms with Crippen LogP contribution in [0, 0.1) is 12.8 Å². The summed E-state index contributed by atoms with van der Waals surface area (Å²) in [6, 6.07) is 0.147. The molecule has 0 aliphatic heterocycles. The van der Waals surface area contributed by atoms with Crippen LogP contribution < -0.4 is 5.73 Å². The highest BCUT2D eigenvalue weighted by atomic mass is 35.5. The molecule has 3 heteroatoms. The summed E-state index contributed by atoms with van der Waals surface area (Å²) in [5.41, 5.74) is 7.43. The van der Waals surface area contributed by atoms with Gasteiger partial charge in [-0.3, -0.25) is 0 Å². The van der Waals surface area contributed by atoms with E-state index in [4.69, 9.17) is 17.3 Å². The van der Waals surface area contributed by atoms with Gasteiger partial charge in [-0.05, 0) is 30.2 Å². The lowest BCUT2D eigenvalue weighted by Gasteiger charge is -2.24. The first-order valence-electron chi connectivity index (χ1n) is 6.17. The Morgan fingerprint density at radius 3 is 2.69 bits per heavy atom. The van der Waals surface area contributed by atoms with E-state index in [9.17, 15) is 0 Å². The van der Waals surface area contributed by atoms with Gasteiger partial charge >= 0.3 is 0 Å². The number of nitrogens with two attached hydrogens (primary N) is 1. The molecule has 2 rings (SSSR count). The molecule has 0 saturated heterocycles. The SMILES string of the molecule is Cc1csc(C(N)CC2CCCCC2)c1Cl. The fourth-order valence-electron chi connectivity index (χ4n) is 2.59. The van der Waals surface area contributed by atoms with Crippen LogP contribution in [-0.2, 0) is 0 Å². The van der Waals surface area contributed by atoms with Gasteiger partial charge in [0, 0.05) is 10.9 Å². The molecular weight excluding hydrogens is 238 g/mol. The van der Waals surface area contributed by atoms with Crippen molar-refractivity contribution in [2.75, 3.05) is 0 Å². The molecule has 0 spiro atoms. The van der Waals surface area contributed by atoms with Gasteiger partial charge in [0.25, 0.3) is 0 Å². The minimum absolute atomic E-state index is 0.147. The van der Waals surface area contributed by atoms with Crippen molar-refractivity contribution >= 4 is 22.9 Å². The highest BCUT2D eigenvalue weighted by Crippen LogP contribution is 2.37. The molecular formula is C13H20ClNS. The Balaban J connectivity index is 1.96. The number of hydrogen-bond donors (Lipinski definition) is 1. The minimum atomic E-state index is 0.147. The van der Waals surface area contributed by atoms with Crippen molar-refractivity contribution in [3.05, 3.63) is 20.8 Å². The number of halogens is 1. The van der Waals surface area contributed by atoms with Crippen molar-refractivity contribution in [3.63, 3.8) is 0 Å². The lowest BCUT2D eigenvalue weighted by atomic mass is 9.84. The molecule has 1 saturated carbocycles. The van der Waals surface area contributed by atoms with Gasteiger partial charge in [0.2, 0.25) is 0 Å². The number of thiophene rings is 1. The molecule has 0 aromatic carbocycles. The third kappa shape index (κ3) is 2.79. The van der Waals surface area contributed by atoms with Crippen LogP contribution in [0.1, 0.15) is 55.0 Å². The van der Waals surface area contributed by atoms with Crippen molar-refractivity contribution in [1.82, 2.24) is 0 Å². The second-order valence-electron chi connectivity index (χ2n) is 4.94. The van der Waals surface area contributed by atoms with Crippen LogP contribution in [0.4, 0.5) is 0 Å². The molecule has 2 N–H and O–H groups in total. The number of hydrogen-bond acceptors (Lipinski definition) is 2. The predicted molar refractivity (Wildman–Crippen MR) is 72.2 cm³/mol. The van der Waals surface area contributed by atoms with Crippen LogP contribution in [0.2, 0.25) is 5.02 Å². The molecule has 1 aliphatic carbocycles. The van der Waals surface area contributed by atoms with E-state index in [-0.39, 0.29) is 6.04 Å². The monoisotopic (exact) mass is 257 g/mol. The largest absolute Gasteiger partial charge is 0.323 e. The van der Waals surface area contributed by atoms with Crippen molar-refractivity contribution in [3.8, 4) is 0 Å². The fraction of sp³-hybridized carbons (Fsp3) is 0.692. The average Bonchev–Trinajstić information content (AvgIpc) is 2.61. The molecule has 1 nitrogen and oxygen atoms in total. The summed E-state index contributed by atoms with van der Waals surface area (Å²) < 4.78 is 0. The molecule has 1 fully saturated rings. The Bertz CT molecular complexity index is 342. The molecule has 1 aromatic heterocycles. The summed E-state index contributed by atoms with van der Waals surface area (Å²) in [6.45, 7) is 2.05. The summed E-state index contributed by atoms with van der Waals surface area (Å²) in [7, 11) is 0. The summed E-state index contributed by atoms with van der Waals surface area (Å²) in [5, 5.41) is 3.01. The normalized spacial score (nSPS) is 19.9. The van der Waals surface area contributed by atoms with E-state index in [1.54, 1.807) is 11.3 Å². The van der Waals surface area contributed by atoms with Gasteiger partial charge in [-0.25, -0.2) is 0 Å². The van der Waals surface area contributed by atoms with Gasteiger partial charge in [-0.2, -0.15) is 0 Å². The molecule has 1 heterocycles. The molecule has 90 valence electrons. The minimum Gasteiger partial charge on any atom is -0.323 e. The van der Waals surface area contributed by atoms with Gasteiger partial charge < -0.3 is 5.73 Å². The predicted octanol–water partition coefficient (Wildman–Crippen LogP) is 4.68. The second-order valence-corrected chi connectivity index (χ2v) is 6.23. The van der Waals surface area contributed by atoms with E-state index in [0.29, 0.717) is 0 Å². The van der Waals surface area contributed by atoms with Crippen molar-refractivity contribution in [2.45, 2.75) is 51.5 Å². The van der Waals surface area contributed by atoms with E-state index in [2.05, 4.69) is 12.3 Å².